The summed E-state index contributed by atoms with van der Waals surface area (Å²) in [6.45, 7) is 3.78. The summed E-state index contributed by atoms with van der Waals surface area (Å²) in [7, 11) is 2.98. The highest BCUT2D eigenvalue weighted by atomic mass is 79.9. The molecule has 0 spiro atoms. The van der Waals surface area contributed by atoms with Gasteiger partial charge in [0.1, 0.15) is 5.75 Å². The second-order valence-corrected chi connectivity index (χ2v) is 4.00. The Balaban J connectivity index is 3.40. The van der Waals surface area contributed by atoms with Crippen LogP contribution in [0.3, 0.4) is 0 Å². The molecule has 0 unspecified atom stereocenters. The molecule has 0 aliphatic rings. The Bertz CT molecular complexity index is 399. The third kappa shape index (κ3) is 2.15. The molecule has 0 radical (unpaired) electrons. The summed E-state index contributed by atoms with van der Waals surface area (Å²) in [6.07, 6.45) is 0. The monoisotopic (exact) mass is 272 g/mol. The molecule has 1 aromatic rings. The van der Waals surface area contributed by atoms with Crippen LogP contribution in [0.1, 0.15) is 21.5 Å². The molecule has 15 heavy (non-hydrogen) atoms. The van der Waals surface area contributed by atoms with E-state index in [1.165, 1.54) is 7.11 Å². The van der Waals surface area contributed by atoms with E-state index in [4.69, 9.17) is 9.47 Å². The minimum Gasteiger partial charge on any atom is -0.496 e. The Morgan fingerprint density at radius 3 is 2.40 bits per heavy atom. The van der Waals surface area contributed by atoms with Gasteiger partial charge in [0.05, 0.1) is 19.8 Å². The maximum atomic E-state index is 11.4. The normalized spacial score (nSPS) is 9.93. The Morgan fingerprint density at radius 2 is 1.93 bits per heavy atom. The summed E-state index contributed by atoms with van der Waals surface area (Å²) in [5.41, 5.74) is 2.34. The fourth-order valence-corrected chi connectivity index (χ4v) is 1.97. The van der Waals surface area contributed by atoms with E-state index in [9.17, 15) is 4.79 Å². The van der Waals surface area contributed by atoms with Crippen LogP contribution in [0.4, 0.5) is 0 Å². The number of halogens is 1. The second-order valence-electron chi connectivity index (χ2n) is 3.20. The number of benzene rings is 1. The average molecular weight is 273 g/mol. The molecule has 1 aromatic carbocycles. The van der Waals surface area contributed by atoms with E-state index in [0.717, 1.165) is 21.3 Å². The van der Waals surface area contributed by atoms with Crippen LogP contribution in [0.25, 0.3) is 0 Å². The minimum absolute atomic E-state index is 0.351. The van der Waals surface area contributed by atoms with E-state index >= 15 is 0 Å². The molecular weight excluding hydrogens is 260 g/mol. The zero-order valence-electron chi connectivity index (χ0n) is 9.18. The van der Waals surface area contributed by atoms with Gasteiger partial charge < -0.3 is 9.47 Å². The number of aryl methyl sites for hydroxylation is 1. The minimum atomic E-state index is -0.351. The first-order chi connectivity index (χ1) is 7.02. The van der Waals surface area contributed by atoms with Crippen molar-refractivity contribution >= 4 is 21.9 Å². The quantitative estimate of drug-likeness (QED) is 0.777. The topological polar surface area (TPSA) is 35.5 Å². The summed E-state index contributed by atoms with van der Waals surface area (Å²) in [4.78, 5) is 11.4. The zero-order chi connectivity index (χ0) is 11.6. The molecular formula is C11H13BrO3. The zero-order valence-corrected chi connectivity index (χ0v) is 10.8. The summed E-state index contributed by atoms with van der Waals surface area (Å²) in [5.74, 6) is 0.435. The number of hydrogen-bond acceptors (Lipinski definition) is 3. The highest BCUT2D eigenvalue weighted by Gasteiger charge is 2.17. The Labute approximate surface area is 97.5 Å². The van der Waals surface area contributed by atoms with Crippen LogP contribution >= 0.6 is 15.9 Å². The molecule has 0 aliphatic heterocycles. The van der Waals surface area contributed by atoms with Gasteiger partial charge in [0.15, 0.2) is 0 Å². The van der Waals surface area contributed by atoms with Crippen LogP contribution in [0.5, 0.6) is 5.75 Å². The molecule has 0 fully saturated rings. The molecule has 0 bridgehead atoms. The van der Waals surface area contributed by atoms with Gasteiger partial charge in [0.2, 0.25) is 0 Å². The van der Waals surface area contributed by atoms with E-state index in [0.29, 0.717) is 5.56 Å². The van der Waals surface area contributed by atoms with E-state index in [-0.39, 0.29) is 5.97 Å². The molecule has 0 aliphatic carbocycles. The molecule has 4 heteroatoms. The number of rotatable bonds is 2. The first-order valence-electron chi connectivity index (χ1n) is 4.45. The van der Waals surface area contributed by atoms with Crippen molar-refractivity contribution in [1.29, 1.82) is 0 Å². The summed E-state index contributed by atoms with van der Waals surface area (Å²) < 4.78 is 10.7. The molecule has 0 saturated heterocycles. The second kappa shape index (κ2) is 4.66. The molecule has 3 nitrogen and oxygen atoms in total. The summed E-state index contributed by atoms with van der Waals surface area (Å²) in [5, 5.41) is 0. The van der Waals surface area contributed by atoms with Gasteiger partial charge in [-0.15, -0.1) is 0 Å². The van der Waals surface area contributed by atoms with Crippen molar-refractivity contribution in [1.82, 2.24) is 0 Å². The van der Waals surface area contributed by atoms with E-state index in [2.05, 4.69) is 15.9 Å². The summed E-state index contributed by atoms with van der Waals surface area (Å²) in [6, 6.07) is 1.75. The lowest BCUT2D eigenvalue weighted by atomic mass is 10.1. The van der Waals surface area contributed by atoms with Crippen molar-refractivity contribution in [3.63, 3.8) is 0 Å². The van der Waals surface area contributed by atoms with E-state index in [1.807, 2.05) is 13.8 Å². The molecule has 0 saturated carbocycles. The predicted molar refractivity (Wildman–Crippen MR) is 61.5 cm³/mol. The highest BCUT2D eigenvalue weighted by molar-refractivity contribution is 9.10. The maximum Gasteiger partial charge on any atom is 0.339 e. The number of esters is 1. The van der Waals surface area contributed by atoms with Gasteiger partial charge >= 0.3 is 5.97 Å². The molecule has 0 heterocycles. The smallest absolute Gasteiger partial charge is 0.339 e. The SMILES string of the molecule is COC(=O)c1cc(C)c(OC)c(C)c1Br. The fraction of sp³-hybridized carbons (Fsp3) is 0.364. The van der Waals surface area contributed by atoms with E-state index in [1.54, 1.807) is 13.2 Å². The van der Waals surface area contributed by atoms with Crippen molar-refractivity contribution in [2.75, 3.05) is 14.2 Å². The van der Waals surface area contributed by atoms with Crippen LogP contribution in [0, 0.1) is 13.8 Å². The first-order valence-corrected chi connectivity index (χ1v) is 5.24. The van der Waals surface area contributed by atoms with Gasteiger partial charge in [0, 0.05) is 10.0 Å². The third-order valence-electron chi connectivity index (χ3n) is 2.23. The van der Waals surface area contributed by atoms with Gasteiger partial charge in [-0.05, 0) is 41.4 Å². The fourth-order valence-electron chi connectivity index (χ4n) is 1.52. The molecule has 0 amide bonds. The molecule has 0 aromatic heterocycles. The average Bonchev–Trinajstić information content (AvgIpc) is 2.23. The molecule has 0 atom stereocenters. The van der Waals surface area contributed by atoms with Gasteiger partial charge in [-0.3, -0.25) is 0 Å². The standard InChI is InChI=1S/C11H13BrO3/c1-6-5-8(11(13)15-4)9(12)7(2)10(6)14-3/h5H,1-4H3. The highest BCUT2D eigenvalue weighted by Crippen LogP contribution is 2.33. The molecule has 0 N–H and O–H groups in total. The van der Waals surface area contributed by atoms with Crippen molar-refractivity contribution in [3.05, 3.63) is 27.2 Å². The Kier molecular flexibility index (Phi) is 3.74. The maximum absolute atomic E-state index is 11.4. The van der Waals surface area contributed by atoms with Crippen LogP contribution in [0.15, 0.2) is 10.5 Å². The van der Waals surface area contributed by atoms with Gasteiger partial charge in [-0.2, -0.15) is 0 Å². The molecule has 1 rings (SSSR count). The van der Waals surface area contributed by atoms with Crippen molar-refractivity contribution in [2.45, 2.75) is 13.8 Å². The van der Waals surface area contributed by atoms with Gasteiger partial charge in [0.25, 0.3) is 0 Å². The van der Waals surface area contributed by atoms with Gasteiger partial charge in [-0.1, -0.05) is 0 Å². The number of carbonyl (C=O) groups is 1. The number of carbonyl (C=O) groups excluding carboxylic acids is 1. The lowest BCUT2D eigenvalue weighted by Gasteiger charge is -2.13. The van der Waals surface area contributed by atoms with Crippen LogP contribution < -0.4 is 4.74 Å². The Morgan fingerprint density at radius 1 is 1.33 bits per heavy atom. The number of ether oxygens (including phenoxy) is 2. The van der Waals surface area contributed by atoms with Crippen molar-refractivity contribution < 1.29 is 14.3 Å². The van der Waals surface area contributed by atoms with Crippen molar-refractivity contribution in [3.8, 4) is 5.75 Å². The lowest BCUT2D eigenvalue weighted by molar-refractivity contribution is 0.0599. The molecule has 82 valence electrons. The number of hydrogen-bond donors (Lipinski definition) is 0. The largest absolute Gasteiger partial charge is 0.496 e. The predicted octanol–water partition coefficient (Wildman–Crippen LogP) is 2.86. The number of methoxy groups -OCH3 is 2. The van der Waals surface area contributed by atoms with Crippen molar-refractivity contribution in [2.24, 2.45) is 0 Å². The Hall–Kier alpha value is -1.03. The summed E-state index contributed by atoms with van der Waals surface area (Å²) >= 11 is 3.37. The van der Waals surface area contributed by atoms with Crippen LogP contribution in [-0.4, -0.2) is 20.2 Å². The van der Waals surface area contributed by atoms with Crippen LogP contribution in [0.2, 0.25) is 0 Å². The van der Waals surface area contributed by atoms with E-state index < -0.39 is 0 Å². The van der Waals surface area contributed by atoms with Gasteiger partial charge in [-0.25, -0.2) is 4.79 Å². The lowest BCUT2D eigenvalue weighted by Crippen LogP contribution is -2.05. The van der Waals surface area contributed by atoms with Crippen LogP contribution in [-0.2, 0) is 4.74 Å². The third-order valence-corrected chi connectivity index (χ3v) is 3.26. The first kappa shape index (κ1) is 12.0.